The van der Waals surface area contributed by atoms with Crippen molar-refractivity contribution in [3.05, 3.63) is 76.7 Å². The first-order valence-electron chi connectivity index (χ1n) is 9.99. The Morgan fingerprint density at radius 3 is 2.23 bits per heavy atom. The van der Waals surface area contributed by atoms with Crippen LogP contribution in [0, 0.1) is 20.8 Å². The number of benzene rings is 2. The molecule has 0 fully saturated rings. The molecule has 3 aromatic rings. The highest BCUT2D eigenvalue weighted by molar-refractivity contribution is 5.78. The van der Waals surface area contributed by atoms with Gasteiger partial charge in [-0.05, 0) is 50.6 Å². The van der Waals surface area contributed by atoms with Crippen molar-refractivity contribution < 1.29 is 18.8 Å². The Bertz CT molecular complexity index is 942. The van der Waals surface area contributed by atoms with Gasteiger partial charge in [-0.3, -0.25) is 4.79 Å². The minimum atomic E-state index is 0.0481. The molecule has 2 aromatic carbocycles. The minimum absolute atomic E-state index is 0.0481. The SMILES string of the molecule is Cc1ccc(OCCN(C)C(=O)Cc2ccc(OCc3c(C)noc3C)cc2)cc1. The van der Waals surface area contributed by atoms with Gasteiger partial charge in [0.05, 0.1) is 24.2 Å². The average Bonchev–Trinajstić information content (AvgIpc) is 3.06. The molecule has 0 N–H and O–H groups in total. The third-order valence-electron chi connectivity index (χ3n) is 4.99. The van der Waals surface area contributed by atoms with Crippen LogP contribution in [-0.2, 0) is 17.8 Å². The van der Waals surface area contributed by atoms with Crippen LogP contribution in [0.15, 0.2) is 53.1 Å². The van der Waals surface area contributed by atoms with Crippen LogP contribution in [0.1, 0.15) is 28.1 Å². The number of aryl methyl sites for hydroxylation is 3. The molecular formula is C24H28N2O4. The number of rotatable bonds is 9. The number of amides is 1. The van der Waals surface area contributed by atoms with Crippen molar-refractivity contribution in [3.63, 3.8) is 0 Å². The van der Waals surface area contributed by atoms with Gasteiger partial charge in [0, 0.05) is 7.05 Å². The molecule has 158 valence electrons. The van der Waals surface area contributed by atoms with Gasteiger partial charge in [-0.1, -0.05) is 35.0 Å². The van der Waals surface area contributed by atoms with Gasteiger partial charge in [0.1, 0.15) is 30.5 Å². The van der Waals surface area contributed by atoms with Crippen molar-refractivity contribution in [1.82, 2.24) is 10.1 Å². The second-order valence-electron chi connectivity index (χ2n) is 7.39. The van der Waals surface area contributed by atoms with Crippen LogP contribution in [0.4, 0.5) is 0 Å². The van der Waals surface area contributed by atoms with E-state index >= 15 is 0 Å². The van der Waals surface area contributed by atoms with E-state index < -0.39 is 0 Å². The van der Waals surface area contributed by atoms with Crippen molar-refractivity contribution in [2.24, 2.45) is 0 Å². The Morgan fingerprint density at radius 2 is 1.60 bits per heavy atom. The van der Waals surface area contributed by atoms with E-state index in [2.05, 4.69) is 5.16 Å². The lowest BCUT2D eigenvalue weighted by molar-refractivity contribution is -0.129. The van der Waals surface area contributed by atoms with Gasteiger partial charge in [0.15, 0.2) is 0 Å². The molecule has 6 nitrogen and oxygen atoms in total. The molecule has 1 aromatic heterocycles. The van der Waals surface area contributed by atoms with Gasteiger partial charge in [0.25, 0.3) is 0 Å². The molecule has 0 bridgehead atoms. The molecule has 1 amide bonds. The van der Waals surface area contributed by atoms with Gasteiger partial charge >= 0.3 is 0 Å². The van der Waals surface area contributed by atoms with Gasteiger partial charge in [-0.15, -0.1) is 0 Å². The molecular weight excluding hydrogens is 380 g/mol. The quantitative estimate of drug-likeness (QED) is 0.529. The molecule has 30 heavy (non-hydrogen) atoms. The summed E-state index contributed by atoms with van der Waals surface area (Å²) in [6.45, 7) is 7.20. The minimum Gasteiger partial charge on any atom is -0.492 e. The van der Waals surface area contributed by atoms with Crippen LogP contribution in [0.2, 0.25) is 0 Å². The third kappa shape index (κ3) is 5.86. The lowest BCUT2D eigenvalue weighted by atomic mass is 10.1. The molecule has 0 spiro atoms. The maximum absolute atomic E-state index is 12.5. The number of carbonyl (C=O) groups is 1. The van der Waals surface area contributed by atoms with Gasteiger partial charge in [-0.2, -0.15) is 0 Å². The van der Waals surface area contributed by atoms with E-state index in [0.717, 1.165) is 34.1 Å². The summed E-state index contributed by atoms with van der Waals surface area (Å²) in [4.78, 5) is 14.2. The second-order valence-corrected chi connectivity index (χ2v) is 7.39. The summed E-state index contributed by atoms with van der Waals surface area (Å²) < 4.78 is 16.7. The van der Waals surface area contributed by atoms with E-state index in [4.69, 9.17) is 14.0 Å². The van der Waals surface area contributed by atoms with Gasteiger partial charge < -0.3 is 18.9 Å². The van der Waals surface area contributed by atoms with Crippen LogP contribution in [-0.4, -0.2) is 36.2 Å². The summed E-state index contributed by atoms with van der Waals surface area (Å²) in [5.74, 6) is 2.37. The summed E-state index contributed by atoms with van der Waals surface area (Å²) in [6.07, 6.45) is 0.338. The fraction of sp³-hybridized carbons (Fsp3) is 0.333. The second kappa shape index (κ2) is 9.96. The molecule has 0 aliphatic rings. The molecule has 1 heterocycles. The first-order chi connectivity index (χ1) is 14.4. The Labute approximate surface area is 177 Å². The van der Waals surface area contributed by atoms with Crippen LogP contribution in [0.5, 0.6) is 11.5 Å². The zero-order valence-electron chi connectivity index (χ0n) is 18.0. The zero-order valence-corrected chi connectivity index (χ0v) is 18.0. The van der Waals surface area contributed by atoms with E-state index in [1.807, 2.05) is 69.3 Å². The summed E-state index contributed by atoms with van der Waals surface area (Å²) in [5.41, 5.74) is 3.93. The normalized spacial score (nSPS) is 10.7. The van der Waals surface area contributed by atoms with Gasteiger partial charge in [0.2, 0.25) is 5.91 Å². The molecule has 6 heteroatoms. The van der Waals surface area contributed by atoms with E-state index in [0.29, 0.717) is 26.2 Å². The predicted molar refractivity (Wildman–Crippen MR) is 115 cm³/mol. The van der Waals surface area contributed by atoms with Crippen molar-refractivity contribution >= 4 is 5.91 Å². The van der Waals surface area contributed by atoms with Crippen molar-refractivity contribution in [2.45, 2.75) is 33.8 Å². The van der Waals surface area contributed by atoms with Crippen LogP contribution in [0.25, 0.3) is 0 Å². The molecule has 0 atom stereocenters. The Hall–Kier alpha value is -3.28. The number of likely N-dealkylation sites (N-methyl/N-ethyl adjacent to an activating group) is 1. The largest absolute Gasteiger partial charge is 0.492 e. The first-order valence-corrected chi connectivity index (χ1v) is 9.99. The fourth-order valence-corrected chi connectivity index (χ4v) is 2.94. The van der Waals surface area contributed by atoms with E-state index in [-0.39, 0.29) is 5.91 Å². The lowest BCUT2D eigenvalue weighted by Gasteiger charge is -2.18. The van der Waals surface area contributed by atoms with Crippen LogP contribution < -0.4 is 9.47 Å². The highest BCUT2D eigenvalue weighted by Gasteiger charge is 2.11. The number of aromatic nitrogens is 1. The molecule has 0 saturated carbocycles. The zero-order chi connectivity index (χ0) is 21.5. The van der Waals surface area contributed by atoms with E-state index in [1.165, 1.54) is 5.56 Å². The highest BCUT2D eigenvalue weighted by atomic mass is 16.5. The number of carbonyl (C=O) groups excluding carboxylic acids is 1. The number of hydrogen-bond donors (Lipinski definition) is 0. The first kappa shape index (κ1) is 21.4. The Morgan fingerprint density at radius 1 is 0.967 bits per heavy atom. The molecule has 0 aliphatic heterocycles. The van der Waals surface area contributed by atoms with E-state index in [1.54, 1.807) is 11.9 Å². The maximum atomic E-state index is 12.5. The predicted octanol–water partition coefficient (Wildman–Crippen LogP) is 4.26. The summed E-state index contributed by atoms with van der Waals surface area (Å²) in [5, 5.41) is 3.93. The molecule has 0 unspecified atom stereocenters. The summed E-state index contributed by atoms with van der Waals surface area (Å²) in [7, 11) is 1.79. The maximum Gasteiger partial charge on any atom is 0.226 e. The number of nitrogens with zero attached hydrogens (tertiary/aromatic N) is 2. The van der Waals surface area contributed by atoms with Crippen molar-refractivity contribution in [3.8, 4) is 11.5 Å². The standard InChI is InChI=1S/C24H28N2O4/c1-17-5-9-21(10-6-17)28-14-13-26(4)24(27)15-20-7-11-22(12-8-20)29-16-23-18(2)25-30-19(23)3/h5-12H,13-16H2,1-4H3. The third-order valence-corrected chi connectivity index (χ3v) is 4.99. The highest BCUT2D eigenvalue weighted by Crippen LogP contribution is 2.18. The Kier molecular flexibility index (Phi) is 7.12. The van der Waals surface area contributed by atoms with Gasteiger partial charge in [-0.25, -0.2) is 0 Å². The van der Waals surface area contributed by atoms with E-state index in [9.17, 15) is 4.79 Å². The Balaban J connectivity index is 1.43. The summed E-state index contributed by atoms with van der Waals surface area (Å²) in [6, 6.07) is 15.5. The number of hydrogen-bond acceptors (Lipinski definition) is 5. The fourth-order valence-electron chi connectivity index (χ4n) is 2.94. The topological polar surface area (TPSA) is 64.8 Å². The van der Waals surface area contributed by atoms with Crippen molar-refractivity contribution in [1.29, 1.82) is 0 Å². The van der Waals surface area contributed by atoms with Crippen LogP contribution >= 0.6 is 0 Å². The lowest BCUT2D eigenvalue weighted by Crippen LogP contribution is -2.32. The summed E-state index contributed by atoms with van der Waals surface area (Å²) >= 11 is 0. The van der Waals surface area contributed by atoms with Crippen LogP contribution in [0.3, 0.4) is 0 Å². The monoisotopic (exact) mass is 408 g/mol. The number of ether oxygens (including phenoxy) is 2. The van der Waals surface area contributed by atoms with Crippen molar-refractivity contribution in [2.75, 3.05) is 20.2 Å². The molecule has 0 aliphatic carbocycles. The smallest absolute Gasteiger partial charge is 0.226 e. The average molecular weight is 408 g/mol. The molecule has 3 rings (SSSR count). The molecule has 0 saturated heterocycles. The molecule has 0 radical (unpaired) electrons.